The van der Waals surface area contributed by atoms with Crippen molar-refractivity contribution in [1.82, 2.24) is 10.2 Å². The number of hydrogen-bond acceptors (Lipinski definition) is 5. The van der Waals surface area contributed by atoms with Gasteiger partial charge in [0.15, 0.2) is 0 Å². The number of rotatable bonds is 11. The number of alkyl carbamates (subject to hydrolysis) is 1. The largest absolute Gasteiger partial charge is 0.507 e. The van der Waals surface area contributed by atoms with Crippen molar-refractivity contribution in [1.29, 1.82) is 0 Å². The number of phenols is 1. The SMILES string of the molecule is CCCCCCN(C(=O)CNC(=O)OC(C)(C)C)C(C(=O)Nc1c(C)cccc1Cl)c1cccc(C)c1O. The Kier molecular flexibility index (Phi) is 11.4. The second-order valence-corrected chi connectivity index (χ2v) is 10.7. The summed E-state index contributed by atoms with van der Waals surface area (Å²) in [5.74, 6) is -1.08. The zero-order chi connectivity index (χ0) is 28.5. The molecular weight excluding hydrogens is 506 g/mol. The van der Waals surface area contributed by atoms with Crippen LogP contribution in [0.3, 0.4) is 0 Å². The molecule has 2 aromatic carbocycles. The Hall–Kier alpha value is -3.26. The number of hydrogen-bond donors (Lipinski definition) is 3. The predicted octanol–water partition coefficient (Wildman–Crippen LogP) is 6.28. The first-order valence-corrected chi connectivity index (χ1v) is 13.3. The number of para-hydroxylation sites is 2. The monoisotopic (exact) mass is 545 g/mol. The average Bonchev–Trinajstić information content (AvgIpc) is 2.83. The normalized spacial score (nSPS) is 12.0. The Bertz CT molecular complexity index is 1110. The molecule has 1 atom stereocenters. The molecule has 1 unspecified atom stereocenters. The Morgan fingerprint density at radius 3 is 2.32 bits per heavy atom. The molecule has 2 aromatic rings. The number of phenolic OH excluding ortho intramolecular Hbond substituents is 1. The second-order valence-electron chi connectivity index (χ2n) is 10.3. The lowest BCUT2D eigenvalue weighted by Crippen LogP contribution is -2.47. The number of aromatic hydroxyl groups is 1. The van der Waals surface area contributed by atoms with Gasteiger partial charge in [-0.05, 0) is 58.2 Å². The minimum atomic E-state index is -1.17. The smallest absolute Gasteiger partial charge is 0.408 e. The summed E-state index contributed by atoms with van der Waals surface area (Å²) >= 11 is 6.37. The van der Waals surface area contributed by atoms with Crippen molar-refractivity contribution in [2.75, 3.05) is 18.4 Å². The fourth-order valence-corrected chi connectivity index (χ4v) is 4.27. The third-order valence-electron chi connectivity index (χ3n) is 5.95. The molecule has 208 valence electrons. The van der Waals surface area contributed by atoms with Crippen LogP contribution in [0.4, 0.5) is 10.5 Å². The molecule has 0 fully saturated rings. The van der Waals surface area contributed by atoms with Gasteiger partial charge >= 0.3 is 6.09 Å². The van der Waals surface area contributed by atoms with E-state index in [-0.39, 0.29) is 24.4 Å². The number of ether oxygens (including phenoxy) is 1. The molecule has 3 amide bonds. The second kappa shape index (κ2) is 14.0. The molecule has 0 saturated carbocycles. The number of benzene rings is 2. The van der Waals surface area contributed by atoms with Crippen molar-refractivity contribution < 1.29 is 24.2 Å². The molecular formula is C29H40ClN3O5. The van der Waals surface area contributed by atoms with Crippen LogP contribution in [-0.2, 0) is 14.3 Å². The van der Waals surface area contributed by atoms with Gasteiger partial charge < -0.3 is 25.4 Å². The number of aryl methyl sites for hydroxylation is 2. The number of nitrogens with one attached hydrogen (secondary N) is 2. The number of nitrogens with zero attached hydrogens (tertiary/aromatic N) is 1. The maximum atomic E-state index is 13.9. The minimum Gasteiger partial charge on any atom is -0.507 e. The van der Waals surface area contributed by atoms with Crippen LogP contribution in [0.1, 0.15) is 76.1 Å². The van der Waals surface area contributed by atoms with E-state index in [0.717, 1.165) is 24.8 Å². The molecule has 0 radical (unpaired) electrons. The van der Waals surface area contributed by atoms with Crippen LogP contribution >= 0.6 is 11.6 Å². The fraction of sp³-hybridized carbons (Fsp3) is 0.483. The van der Waals surface area contributed by atoms with Crippen molar-refractivity contribution in [2.45, 2.75) is 78.9 Å². The van der Waals surface area contributed by atoms with Crippen LogP contribution < -0.4 is 10.6 Å². The summed E-state index contributed by atoms with van der Waals surface area (Å²) in [4.78, 5) is 41.0. The van der Waals surface area contributed by atoms with E-state index in [9.17, 15) is 19.5 Å². The van der Waals surface area contributed by atoms with E-state index in [4.69, 9.17) is 16.3 Å². The van der Waals surface area contributed by atoms with Crippen LogP contribution in [0, 0.1) is 13.8 Å². The highest BCUT2D eigenvalue weighted by Gasteiger charge is 2.34. The Balaban J connectivity index is 2.47. The molecule has 0 aliphatic carbocycles. The molecule has 9 heteroatoms. The molecule has 0 saturated heterocycles. The fourth-order valence-electron chi connectivity index (χ4n) is 4.00. The molecule has 38 heavy (non-hydrogen) atoms. The molecule has 0 aliphatic heterocycles. The summed E-state index contributed by atoms with van der Waals surface area (Å²) in [6.07, 6.45) is 2.75. The average molecular weight is 546 g/mol. The van der Waals surface area contributed by atoms with Crippen LogP contribution in [-0.4, -0.2) is 46.6 Å². The highest BCUT2D eigenvalue weighted by Crippen LogP contribution is 2.34. The van der Waals surface area contributed by atoms with Gasteiger partial charge in [0.25, 0.3) is 5.91 Å². The van der Waals surface area contributed by atoms with E-state index in [1.54, 1.807) is 58.0 Å². The summed E-state index contributed by atoms with van der Waals surface area (Å²) in [6, 6.07) is 9.18. The first-order valence-electron chi connectivity index (χ1n) is 13.0. The first-order chi connectivity index (χ1) is 17.9. The van der Waals surface area contributed by atoms with Crippen molar-refractivity contribution in [3.05, 3.63) is 58.1 Å². The summed E-state index contributed by atoms with van der Waals surface area (Å²) < 4.78 is 5.26. The molecule has 0 bridgehead atoms. The molecule has 0 heterocycles. The predicted molar refractivity (Wildman–Crippen MR) is 150 cm³/mol. The first kappa shape index (κ1) is 31.0. The lowest BCUT2D eigenvalue weighted by molar-refractivity contribution is -0.138. The lowest BCUT2D eigenvalue weighted by Gasteiger charge is -2.32. The van der Waals surface area contributed by atoms with E-state index < -0.39 is 29.6 Å². The third-order valence-corrected chi connectivity index (χ3v) is 6.26. The maximum absolute atomic E-state index is 13.9. The number of unbranched alkanes of at least 4 members (excludes halogenated alkanes) is 3. The minimum absolute atomic E-state index is 0.0741. The van der Waals surface area contributed by atoms with Gasteiger partial charge in [0.1, 0.15) is 23.9 Å². The molecule has 3 N–H and O–H groups in total. The van der Waals surface area contributed by atoms with Gasteiger partial charge in [-0.3, -0.25) is 9.59 Å². The zero-order valence-electron chi connectivity index (χ0n) is 23.2. The molecule has 0 aliphatic rings. The summed E-state index contributed by atoms with van der Waals surface area (Å²) in [5.41, 5.74) is 1.31. The third kappa shape index (κ3) is 8.94. The number of carbonyl (C=O) groups is 3. The van der Waals surface area contributed by atoms with Gasteiger partial charge in [-0.15, -0.1) is 0 Å². The van der Waals surface area contributed by atoms with E-state index in [0.29, 0.717) is 22.7 Å². The van der Waals surface area contributed by atoms with Gasteiger partial charge in [-0.2, -0.15) is 0 Å². The molecule has 8 nitrogen and oxygen atoms in total. The Morgan fingerprint density at radius 1 is 1.03 bits per heavy atom. The van der Waals surface area contributed by atoms with Crippen molar-refractivity contribution >= 4 is 35.2 Å². The van der Waals surface area contributed by atoms with Gasteiger partial charge in [0, 0.05) is 12.1 Å². The van der Waals surface area contributed by atoms with Gasteiger partial charge in [0.2, 0.25) is 5.91 Å². The van der Waals surface area contributed by atoms with Gasteiger partial charge in [-0.1, -0.05) is 68.1 Å². The number of carbonyl (C=O) groups excluding carboxylic acids is 3. The van der Waals surface area contributed by atoms with E-state index >= 15 is 0 Å². The summed E-state index contributed by atoms with van der Waals surface area (Å²) in [7, 11) is 0. The van der Waals surface area contributed by atoms with E-state index in [1.165, 1.54) is 4.90 Å². The van der Waals surface area contributed by atoms with E-state index in [1.807, 2.05) is 13.0 Å². The Morgan fingerprint density at radius 2 is 1.68 bits per heavy atom. The lowest BCUT2D eigenvalue weighted by atomic mass is 9.99. The summed E-state index contributed by atoms with van der Waals surface area (Å²) in [5, 5.41) is 16.7. The number of anilines is 1. The van der Waals surface area contributed by atoms with Crippen molar-refractivity contribution in [3.63, 3.8) is 0 Å². The maximum Gasteiger partial charge on any atom is 0.408 e. The summed E-state index contributed by atoms with van der Waals surface area (Å²) in [6.45, 7) is 10.7. The van der Waals surface area contributed by atoms with Crippen LogP contribution in [0.25, 0.3) is 0 Å². The Labute approximate surface area is 230 Å². The van der Waals surface area contributed by atoms with Gasteiger partial charge in [-0.25, -0.2) is 4.79 Å². The van der Waals surface area contributed by atoms with E-state index in [2.05, 4.69) is 17.6 Å². The number of amides is 3. The standard InChI is InChI=1S/C29H40ClN3O5/c1-7-8-9-10-17-33(23(34)18-31-28(37)38-29(4,5)6)25(21-15-11-14-20(3)26(21)35)27(36)32-24-19(2)13-12-16-22(24)30/h11-16,25,35H,7-10,17-18H2,1-6H3,(H,31,37)(H,32,36). The number of halogens is 1. The van der Waals surface area contributed by atoms with Crippen LogP contribution in [0.2, 0.25) is 5.02 Å². The van der Waals surface area contributed by atoms with Gasteiger partial charge in [0.05, 0.1) is 10.7 Å². The van der Waals surface area contributed by atoms with Crippen molar-refractivity contribution in [3.8, 4) is 5.75 Å². The quantitative estimate of drug-likeness (QED) is 0.288. The molecule has 2 rings (SSSR count). The molecule has 0 spiro atoms. The highest BCUT2D eigenvalue weighted by atomic mass is 35.5. The van der Waals surface area contributed by atoms with Crippen molar-refractivity contribution in [2.24, 2.45) is 0 Å². The van der Waals surface area contributed by atoms with Crippen LogP contribution in [0.5, 0.6) is 5.75 Å². The topological polar surface area (TPSA) is 108 Å². The highest BCUT2D eigenvalue weighted by molar-refractivity contribution is 6.34. The van der Waals surface area contributed by atoms with Crippen LogP contribution in [0.15, 0.2) is 36.4 Å². The molecule has 0 aromatic heterocycles. The zero-order valence-corrected chi connectivity index (χ0v) is 23.9.